The first-order valence-corrected chi connectivity index (χ1v) is 7.39. The Bertz CT molecular complexity index is 616. The molecule has 5 heteroatoms. The summed E-state index contributed by atoms with van der Waals surface area (Å²) in [5, 5.41) is 8.65. The summed E-state index contributed by atoms with van der Waals surface area (Å²) in [6.07, 6.45) is 7.70. The molecule has 2 aromatic rings. The third-order valence-corrected chi connectivity index (χ3v) is 4.34. The molecule has 104 valence electrons. The Balaban J connectivity index is 1.51. The van der Waals surface area contributed by atoms with E-state index in [2.05, 4.69) is 44.1 Å². The molecule has 1 unspecified atom stereocenters. The summed E-state index contributed by atoms with van der Waals surface area (Å²) in [7, 11) is 0. The minimum Gasteiger partial charge on any atom is -0.354 e. The normalized spacial score (nSPS) is 22.4. The van der Waals surface area contributed by atoms with E-state index in [4.69, 9.17) is 0 Å². The fourth-order valence-electron chi connectivity index (χ4n) is 2.99. The Morgan fingerprint density at radius 3 is 2.95 bits per heavy atom. The van der Waals surface area contributed by atoms with E-state index in [1.54, 1.807) is 0 Å². The van der Waals surface area contributed by atoms with Crippen molar-refractivity contribution in [2.24, 2.45) is 0 Å². The molecule has 1 saturated heterocycles. The lowest BCUT2D eigenvalue weighted by atomic mass is 10.2. The molecule has 3 heterocycles. The molecule has 0 N–H and O–H groups in total. The van der Waals surface area contributed by atoms with Crippen LogP contribution in [-0.4, -0.2) is 33.1 Å². The number of anilines is 1. The lowest BCUT2D eigenvalue weighted by Gasteiger charge is -2.19. The van der Waals surface area contributed by atoms with Crippen LogP contribution in [0.1, 0.15) is 42.5 Å². The van der Waals surface area contributed by atoms with Crippen molar-refractivity contribution in [3.8, 4) is 0 Å². The molecular formula is C15H19N5. The summed E-state index contributed by atoms with van der Waals surface area (Å²) in [6.45, 7) is 4.14. The first-order chi connectivity index (χ1) is 9.81. The number of hydrogen-bond acceptors (Lipinski definition) is 4. The van der Waals surface area contributed by atoms with Crippen LogP contribution in [0, 0.1) is 6.92 Å². The number of nitrogens with zero attached hydrogens (tertiary/aromatic N) is 5. The smallest absolute Gasteiger partial charge is 0.131 e. The van der Waals surface area contributed by atoms with Crippen LogP contribution >= 0.6 is 0 Å². The molecule has 1 aliphatic carbocycles. The Morgan fingerprint density at radius 2 is 2.15 bits per heavy atom. The molecule has 1 saturated carbocycles. The van der Waals surface area contributed by atoms with Crippen LogP contribution in [0.25, 0.3) is 0 Å². The van der Waals surface area contributed by atoms with Gasteiger partial charge >= 0.3 is 0 Å². The van der Waals surface area contributed by atoms with E-state index in [1.165, 1.54) is 24.1 Å². The van der Waals surface area contributed by atoms with Gasteiger partial charge in [0.1, 0.15) is 5.82 Å². The minimum absolute atomic E-state index is 0.427. The van der Waals surface area contributed by atoms with Crippen LogP contribution in [0.4, 0.5) is 5.82 Å². The topological polar surface area (TPSA) is 46.8 Å². The summed E-state index contributed by atoms with van der Waals surface area (Å²) in [5.41, 5.74) is 2.42. The van der Waals surface area contributed by atoms with Gasteiger partial charge in [0.25, 0.3) is 0 Å². The standard InChI is InChI=1S/C15H19N5/c1-11-3-2-7-16-15(11)19-8-6-13(9-19)20-10-14(17-18-20)12-4-5-12/h2-3,7,10,12-13H,4-6,8-9H2,1H3. The zero-order chi connectivity index (χ0) is 13.5. The van der Waals surface area contributed by atoms with Crippen molar-refractivity contribution in [2.75, 3.05) is 18.0 Å². The summed E-state index contributed by atoms with van der Waals surface area (Å²) < 4.78 is 2.06. The van der Waals surface area contributed by atoms with Gasteiger partial charge in [-0.2, -0.15) is 0 Å². The van der Waals surface area contributed by atoms with Crippen LogP contribution in [-0.2, 0) is 0 Å². The molecule has 1 atom stereocenters. The molecule has 5 nitrogen and oxygen atoms in total. The van der Waals surface area contributed by atoms with E-state index in [1.807, 2.05) is 12.3 Å². The number of pyridine rings is 1. The van der Waals surface area contributed by atoms with Crippen molar-refractivity contribution in [1.82, 2.24) is 20.0 Å². The molecule has 0 spiro atoms. The summed E-state index contributed by atoms with van der Waals surface area (Å²) in [4.78, 5) is 6.87. The van der Waals surface area contributed by atoms with Crippen molar-refractivity contribution in [3.05, 3.63) is 35.8 Å². The average molecular weight is 269 g/mol. The first kappa shape index (κ1) is 11.9. The van der Waals surface area contributed by atoms with Gasteiger partial charge in [0.2, 0.25) is 0 Å². The van der Waals surface area contributed by atoms with Gasteiger partial charge in [0.15, 0.2) is 0 Å². The zero-order valence-electron chi connectivity index (χ0n) is 11.7. The molecule has 0 bridgehead atoms. The SMILES string of the molecule is Cc1cccnc1N1CCC(n2cc(C3CC3)nn2)C1. The second-order valence-corrected chi connectivity index (χ2v) is 5.93. The van der Waals surface area contributed by atoms with E-state index in [0.29, 0.717) is 12.0 Å². The zero-order valence-corrected chi connectivity index (χ0v) is 11.7. The summed E-state index contributed by atoms with van der Waals surface area (Å²) >= 11 is 0. The number of hydrogen-bond donors (Lipinski definition) is 0. The van der Waals surface area contributed by atoms with Gasteiger partial charge in [-0.1, -0.05) is 11.3 Å². The molecule has 0 radical (unpaired) electrons. The number of aromatic nitrogens is 4. The highest BCUT2D eigenvalue weighted by molar-refractivity contribution is 5.46. The second-order valence-electron chi connectivity index (χ2n) is 5.93. The molecule has 1 aliphatic heterocycles. The van der Waals surface area contributed by atoms with Gasteiger partial charge in [-0.05, 0) is 37.8 Å². The highest BCUT2D eigenvalue weighted by Gasteiger charge is 2.30. The van der Waals surface area contributed by atoms with Crippen LogP contribution < -0.4 is 4.90 Å². The third-order valence-electron chi connectivity index (χ3n) is 4.34. The van der Waals surface area contributed by atoms with Gasteiger partial charge in [-0.25, -0.2) is 9.67 Å². The molecule has 0 amide bonds. The van der Waals surface area contributed by atoms with Crippen molar-refractivity contribution < 1.29 is 0 Å². The Morgan fingerprint density at radius 1 is 1.25 bits per heavy atom. The summed E-state index contributed by atoms with van der Waals surface area (Å²) in [6, 6.07) is 4.54. The van der Waals surface area contributed by atoms with Gasteiger partial charge in [0, 0.05) is 31.4 Å². The van der Waals surface area contributed by atoms with Gasteiger partial charge in [-0.3, -0.25) is 0 Å². The van der Waals surface area contributed by atoms with Crippen LogP contribution in [0.15, 0.2) is 24.5 Å². The quantitative estimate of drug-likeness (QED) is 0.858. The lowest BCUT2D eigenvalue weighted by molar-refractivity contribution is 0.479. The van der Waals surface area contributed by atoms with Crippen molar-refractivity contribution in [2.45, 2.75) is 38.1 Å². The van der Waals surface area contributed by atoms with E-state index >= 15 is 0 Å². The summed E-state index contributed by atoms with van der Waals surface area (Å²) in [5.74, 6) is 1.79. The largest absolute Gasteiger partial charge is 0.354 e. The Labute approximate surface area is 118 Å². The fraction of sp³-hybridized carbons (Fsp3) is 0.533. The van der Waals surface area contributed by atoms with Gasteiger partial charge in [-0.15, -0.1) is 5.10 Å². The van der Waals surface area contributed by atoms with E-state index in [0.717, 1.165) is 25.3 Å². The monoisotopic (exact) mass is 269 g/mol. The average Bonchev–Trinajstić information content (AvgIpc) is 3.01. The number of aryl methyl sites for hydroxylation is 1. The highest BCUT2D eigenvalue weighted by atomic mass is 15.4. The molecular weight excluding hydrogens is 250 g/mol. The Hall–Kier alpha value is -1.91. The second kappa shape index (κ2) is 4.58. The Kier molecular flexibility index (Phi) is 2.72. The van der Waals surface area contributed by atoms with Crippen LogP contribution in [0.2, 0.25) is 0 Å². The van der Waals surface area contributed by atoms with Crippen molar-refractivity contribution in [3.63, 3.8) is 0 Å². The molecule has 2 fully saturated rings. The maximum Gasteiger partial charge on any atom is 0.131 e. The molecule has 2 aromatic heterocycles. The van der Waals surface area contributed by atoms with Gasteiger partial charge in [0.05, 0.1) is 11.7 Å². The van der Waals surface area contributed by atoms with Crippen molar-refractivity contribution >= 4 is 5.82 Å². The fourth-order valence-corrected chi connectivity index (χ4v) is 2.99. The molecule has 0 aromatic carbocycles. The lowest BCUT2D eigenvalue weighted by Crippen LogP contribution is -2.22. The maximum atomic E-state index is 4.51. The first-order valence-electron chi connectivity index (χ1n) is 7.39. The van der Waals surface area contributed by atoms with E-state index < -0.39 is 0 Å². The van der Waals surface area contributed by atoms with Crippen LogP contribution in [0.5, 0.6) is 0 Å². The third kappa shape index (κ3) is 2.07. The predicted molar refractivity (Wildman–Crippen MR) is 76.8 cm³/mol. The van der Waals surface area contributed by atoms with E-state index in [-0.39, 0.29) is 0 Å². The van der Waals surface area contributed by atoms with Crippen molar-refractivity contribution in [1.29, 1.82) is 0 Å². The molecule has 2 aliphatic rings. The molecule has 4 rings (SSSR count). The minimum atomic E-state index is 0.427. The highest BCUT2D eigenvalue weighted by Crippen LogP contribution is 2.39. The van der Waals surface area contributed by atoms with E-state index in [9.17, 15) is 0 Å². The maximum absolute atomic E-state index is 4.51. The predicted octanol–water partition coefficient (Wildman–Crippen LogP) is 2.31. The number of rotatable bonds is 3. The van der Waals surface area contributed by atoms with Gasteiger partial charge < -0.3 is 4.90 Å². The van der Waals surface area contributed by atoms with Crippen LogP contribution in [0.3, 0.4) is 0 Å². The molecule has 20 heavy (non-hydrogen) atoms.